The molecule has 1 aromatic rings. The van der Waals surface area contributed by atoms with E-state index in [0.717, 1.165) is 12.8 Å². The molecule has 0 heterocycles. The van der Waals surface area contributed by atoms with Gasteiger partial charge in [0.1, 0.15) is 4.90 Å². The summed E-state index contributed by atoms with van der Waals surface area (Å²) in [5, 5.41) is 8.55. The molecule has 2 rings (SSSR count). The van der Waals surface area contributed by atoms with E-state index in [4.69, 9.17) is 10.9 Å². The van der Waals surface area contributed by atoms with E-state index in [1.165, 1.54) is 25.3 Å². The van der Waals surface area contributed by atoms with Crippen LogP contribution in [0.5, 0.6) is 0 Å². The van der Waals surface area contributed by atoms with Gasteiger partial charge in [-0.15, -0.1) is 0 Å². The summed E-state index contributed by atoms with van der Waals surface area (Å²) in [4.78, 5) is -0.0168. The molecule has 0 aromatic heterocycles. The number of nitrogens with two attached hydrogens (primary N) is 2. The zero-order valence-electron chi connectivity index (χ0n) is 11.1. The van der Waals surface area contributed by atoms with E-state index >= 15 is 0 Å². The Morgan fingerprint density at radius 2 is 1.84 bits per heavy atom. The van der Waals surface area contributed by atoms with Gasteiger partial charge in [0.05, 0.1) is 11.4 Å². The number of nitrogen functional groups attached to an aromatic ring is 1. The average Bonchev–Trinajstić information content (AvgIpc) is 2.31. The predicted molar refractivity (Wildman–Crippen MR) is 77.3 cm³/mol. The predicted octanol–water partition coefficient (Wildman–Crippen LogP) is 2.05. The fraction of sp³-hybridized carbons (Fsp3) is 0.538. The van der Waals surface area contributed by atoms with Crippen LogP contribution >= 0.6 is 0 Å². The maximum atomic E-state index is 11.4. The second-order valence-corrected chi connectivity index (χ2v) is 7.04. The van der Waals surface area contributed by atoms with Crippen molar-refractivity contribution < 1.29 is 8.42 Å². The molecule has 1 aliphatic rings. The third-order valence-electron chi connectivity index (χ3n) is 3.77. The van der Waals surface area contributed by atoms with Crippen LogP contribution in [-0.2, 0) is 10.0 Å². The maximum absolute atomic E-state index is 11.4. The first-order valence-corrected chi connectivity index (χ1v) is 8.06. The topological polar surface area (TPSA) is 98.2 Å². The Hall–Kier alpha value is -1.27. The van der Waals surface area contributed by atoms with Gasteiger partial charge < -0.3 is 11.1 Å². The molecule has 6 heteroatoms. The first-order chi connectivity index (χ1) is 8.82. The van der Waals surface area contributed by atoms with E-state index in [9.17, 15) is 8.42 Å². The lowest BCUT2D eigenvalue weighted by Crippen LogP contribution is -2.37. The van der Waals surface area contributed by atoms with Crippen LogP contribution in [0.3, 0.4) is 0 Å². The monoisotopic (exact) mass is 283 g/mol. The van der Waals surface area contributed by atoms with Crippen LogP contribution in [-0.4, -0.2) is 14.0 Å². The van der Waals surface area contributed by atoms with Crippen LogP contribution < -0.4 is 16.2 Å². The van der Waals surface area contributed by atoms with Crippen molar-refractivity contribution in [2.75, 3.05) is 11.1 Å². The highest BCUT2D eigenvalue weighted by Gasteiger charge is 2.27. The summed E-state index contributed by atoms with van der Waals surface area (Å²) in [5.74, 6) is 0. The molecule has 0 radical (unpaired) electrons. The van der Waals surface area contributed by atoms with Crippen molar-refractivity contribution in [1.82, 2.24) is 0 Å². The molecule has 5 N–H and O–H groups in total. The molecule has 0 saturated heterocycles. The average molecular weight is 283 g/mol. The quantitative estimate of drug-likeness (QED) is 0.739. The van der Waals surface area contributed by atoms with Crippen LogP contribution in [0.2, 0.25) is 0 Å². The standard InChI is InChI=1S/C13H21N3O2S/c1-13(8-3-2-4-9-13)16-10-6-5-7-11(12(10)14)19(15,17)18/h5-7,16H,2-4,8-9,14H2,1H3,(H2,15,17,18). The molecule has 19 heavy (non-hydrogen) atoms. The van der Waals surface area contributed by atoms with Gasteiger partial charge >= 0.3 is 0 Å². The van der Waals surface area contributed by atoms with Crippen LogP contribution in [0.1, 0.15) is 39.0 Å². The molecular weight excluding hydrogens is 262 g/mol. The molecule has 0 bridgehead atoms. The molecule has 1 aliphatic carbocycles. The Morgan fingerprint density at radius 3 is 2.42 bits per heavy atom. The molecule has 1 aromatic carbocycles. The number of hydrogen-bond donors (Lipinski definition) is 3. The first-order valence-electron chi connectivity index (χ1n) is 6.51. The number of nitrogens with one attached hydrogen (secondary N) is 1. The van der Waals surface area contributed by atoms with Crippen molar-refractivity contribution in [3.8, 4) is 0 Å². The second-order valence-electron chi connectivity index (χ2n) is 5.51. The zero-order chi connectivity index (χ0) is 14.1. The molecule has 0 amide bonds. The molecule has 0 spiro atoms. The van der Waals surface area contributed by atoms with Gasteiger partial charge in [-0.2, -0.15) is 0 Å². The number of rotatable bonds is 3. The van der Waals surface area contributed by atoms with Crippen LogP contribution in [0.15, 0.2) is 23.1 Å². The molecule has 1 saturated carbocycles. The Labute approximate surface area is 114 Å². The lowest BCUT2D eigenvalue weighted by Gasteiger charge is -2.36. The first kappa shape index (κ1) is 14.1. The van der Waals surface area contributed by atoms with E-state index in [-0.39, 0.29) is 16.1 Å². The van der Waals surface area contributed by atoms with Gasteiger partial charge in [0.2, 0.25) is 10.0 Å². The lowest BCUT2D eigenvalue weighted by molar-refractivity contribution is 0.349. The summed E-state index contributed by atoms with van der Waals surface area (Å²) >= 11 is 0. The van der Waals surface area contributed by atoms with Gasteiger partial charge in [-0.1, -0.05) is 25.3 Å². The van der Waals surface area contributed by atoms with Crippen LogP contribution in [0, 0.1) is 0 Å². The minimum atomic E-state index is -3.78. The highest BCUT2D eigenvalue weighted by molar-refractivity contribution is 7.89. The smallest absolute Gasteiger partial charge is 0.240 e. The van der Waals surface area contributed by atoms with Crippen molar-refractivity contribution in [2.24, 2.45) is 5.14 Å². The summed E-state index contributed by atoms with van der Waals surface area (Å²) in [6.45, 7) is 2.15. The summed E-state index contributed by atoms with van der Waals surface area (Å²) in [6.07, 6.45) is 5.73. The minimum Gasteiger partial charge on any atom is -0.396 e. The minimum absolute atomic E-state index is 0.0168. The fourth-order valence-corrected chi connectivity index (χ4v) is 3.37. The molecule has 0 atom stereocenters. The Bertz CT molecular complexity index is 563. The summed E-state index contributed by atoms with van der Waals surface area (Å²) < 4.78 is 22.9. The SMILES string of the molecule is CC1(Nc2cccc(S(N)(=O)=O)c2N)CCCCC1. The van der Waals surface area contributed by atoms with Crippen molar-refractivity contribution in [3.63, 3.8) is 0 Å². The Morgan fingerprint density at radius 1 is 1.21 bits per heavy atom. The van der Waals surface area contributed by atoms with E-state index in [0.29, 0.717) is 5.69 Å². The summed E-state index contributed by atoms with van der Waals surface area (Å²) in [6, 6.07) is 4.88. The highest BCUT2D eigenvalue weighted by atomic mass is 32.2. The molecule has 5 nitrogen and oxygen atoms in total. The molecular formula is C13H21N3O2S. The van der Waals surface area contributed by atoms with Crippen LogP contribution in [0.25, 0.3) is 0 Å². The number of anilines is 2. The van der Waals surface area contributed by atoms with Crippen molar-refractivity contribution in [2.45, 2.75) is 49.5 Å². The van der Waals surface area contributed by atoms with Crippen LogP contribution in [0.4, 0.5) is 11.4 Å². The van der Waals surface area contributed by atoms with E-state index < -0.39 is 10.0 Å². The van der Waals surface area contributed by atoms with Crippen molar-refractivity contribution in [1.29, 1.82) is 0 Å². The summed E-state index contributed by atoms with van der Waals surface area (Å²) in [5.41, 5.74) is 6.75. The zero-order valence-corrected chi connectivity index (χ0v) is 12.0. The number of primary sulfonamides is 1. The largest absolute Gasteiger partial charge is 0.396 e. The van der Waals surface area contributed by atoms with E-state index in [2.05, 4.69) is 12.2 Å². The number of para-hydroxylation sites is 1. The maximum Gasteiger partial charge on any atom is 0.240 e. The van der Waals surface area contributed by atoms with Gasteiger partial charge in [-0.3, -0.25) is 0 Å². The van der Waals surface area contributed by atoms with Crippen molar-refractivity contribution in [3.05, 3.63) is 18.2 Å². The highest BCUT2D eigenvalue weighted by Crippen LogP contribution is 2.34. The Balaban J connectivity index is 2.31. The van der Waals surface area contributed by atoms with Gasteiger partial charge in [-0.25, -0.2) is 13.6 Å². The molecule has 106 valence electrons. The number of benzene rings is 1. The normalized spacial score (nSPS) is 19.1. The van der Waals surface area contributed by atoms with Gasteiger partial charge in [0.15, 0.2) is 0 Å². The van der Waals surface area contributed by atoms with E-state index in [1.54, 1.807) is 12.1 Å². The molecule has 0 unspecified atom stereocenters. The fourth-order valence-electron chi connectivity index (χ4n) is 2.68. The third-order valence-corrected chi connectivity index (χ3v) is 4.74. The van der Waals surface area contributed by atoms with Crippen molar-refractivity contribution >= 4 is 21.4 Å². The van der Waals surface area contributed by atoms with E-state index in [1.807, 2.05) is 0 Å². The second kappa shape index (κ2) is 5.02. The van der Waals surface area contributed by atoms with Gasteiger partial charge in [0, 0.05) is 5.54 Å². The Kier molecular flexibility index (Phi) is 3.73. The third kappa shape index (κ3) is 3.19. The van der Waals surface area contributed by atoms with Gasteiger partial charge in [-0.05, 0) is 31.9 Å². The molecule has 1 fully saturated rings. The van der Waals surface area contributed by atoms with Gasteiger partial charge in [0.25, 0.3) is 0 Å². The number of sulfonamides is 1. The summed E-state index contributed by atoms with van der Waals surface area (Å²) in [7, 11) is -3.78. The number of hydrogen-bond acceptors (Lipinski definition) is 4. The lowest BCUT2D eigenvalue weighted by atomic mass is 9.83. The molecule has 0 aliphatic heterocycles.